The number of para-hydroxylation sites is 1. The van der Waals surface area contributed by atoms with Crippen LogP contribution in [0.4, 0.5) is 0 Å². The average Bonchev–Trinajstić information content (AvgIpc) is 3.93. The maximum atomic E-state index is 5.49. The molecule has 1 N–H and O–H groups in total. The number of rotatable bonds is 6. The molecule has 2 aromatic heterocycles. The van der Waals surface area contributed by atoms with E-state index in [1.54, 1.807) is 0 Å². The molecule has 68 heavy (non-hydrogen) atoms. The number of allylic oxidation sites excluding steroid dienone is 10. The second-order valence-corrected chi connectivity index (χ2v) is 19.3. The molecule has 3 unspecified atom stereocenters. The van der Waals surface area contributed by atoms with Crippen LogP contribution in [0.25, 0.3) is 69.1 Å². The Labute approximate surface area is 396 Å². The van der Waals surface area contributed by atoms with Gasteiger partial charge in [-0.1, -0.05) is 164 Å². The van der Waals surface area contributed by atoms with Crippen molar-refractivity contribution in [1.82, 2.24) is 14.5 Å². The minimum atomic E-state index is -0.363. The third-order valence-corrected chi connectivity index (χ3v) is 15.4. The van der Waals surface area contributed by atoms with Crippen LogP contribution < -0.4 is 26.3 Å². The summed E-state index contributed by atoms with van der Waals surface area (Å²) < 4.78 is 5.34. The molecule has 0 radical (unpaired) electrons. The van der Waals surface area contributed by atoms with Gasteiger partial charge in [0.15, 0.2) is 6.17 Å². The van der Waals surface area contributed by atoms with Crippen molar-refractivity contribution in [2.75, 3.05) is 0 Å². The van der Waals surface area contributed by atoms with E-state index in [2.05, 4.69) is 203 Å². The van der Waals surface area contributed by atoms with Crippen LogP contribution in [0, 0.1) is 11.8 Å². The van der Waals surface area contributed by atoms with E-state index >= 15 is 0 Å². The summed E-state index contributed by atoms with van der Waals surface area (Å²) >= 11 is 0. The van der Waals surface area contributed by atoms with Crippen LogP contribution in [-0.2, 0) is 12.8 Å². The van der Waals surface area contributed by atoms with E-state index < -0.39 is 0 Å². The van der Waals surface area contributed by atoms with E-state index in [0.717, 1.165) is 74.2 Å². The highest BCUT2D eigenvalue weighted by atomic mass is 15.2. The lowest BCUT2D eigenvalue weighted by Crippen LogP contribution is -2.44. The van der Waals surface area contributed by atoms with E-state index in [9.17, 15) is 0 Å². The molecule has 6 aliphatic carbocycles. The number of fused-ring (bicyclic) bond motifs is 10. The highest BCUT2D eigenvalue weighted by molar-refractivity contribution is 6.14. The molecule has 0 fully saturated rings. The summed E-state index contributed by atoms with van der Waals surface area (Å²) in [6.45, 7) is 0. The van der Waals surface area contributed by atoms with Gasteiger partial charge in [-0.2, -0.15) is 0 Å². The van der Waals surface area contributed by atoms with Gasteiger partial charge in [0.25, 0.3) is 0 Å². The highest BCUT2D eigenvalue weighted by Crippen LogP contribution is 2.42. The lowest BCUT2D eigenvalue weighted by molar-refractivity contribution is 0.731. The van der Waals surface area contributed by atoms with Gasteiger partial charge in [-0.15, -0.1) is 0 Å². The van der Waals surface area contributed by atoms with Gasteiger partial charge < -0.3 is 14.5 Å². The minimum Gasteiger partial charge on any atom is -0.328 e. The average molecular weight is 878 g/mol. The number of nitrogens with zero attached hydrogens (tertiary/aromatic N) is 4. The normalized spacial score (nSPS) is 20.9. The number of nitrogens with one attached hydrogen (secondary N) is 1. The van der Waals surface area contributed by atoms with E-state index in [0.29, 0.717) is 0 Å². The molecule has 1 aliphatic heterocycles. The van der Waals surface area contributed by atoms with Crippen molar-refractivity contribution in [2.45, 2.75) is 57.5 Å². The summed E-state index contributed by atoms with van der Waals surface area (Å²) in [7, 11) is 0. The number of aromatic nitrogens is 2. The lowest BCUT2D eigenvalue weighted by atomic mass is 9.83. The van der Waals surface area contributed by atoms with Gasteiger partial charge in [0, 0.05) is 61.1 Å². The molecule has 5 heteroatoms. The number of amidine groups is 2. The minimum absolute atomic E-state index is 0.0235. The topological polar surface area (TPSA) is 46.6 Å². The maximum absolute atomic E-state index is 5.49. The number of aliphatic imine (C=N–C) groups is 2. The Morgan fingerprint density at radius 3 is 2.41 bits per heavy atom. The third-order valence-electron chi connectivity index (χ3n) is 15.4. The summed E-state index contributed by atoms with van der Waals surface area (Å²) in [5, 5.41) is 11.6. The van der Waals surface area contributed by atoms with Crippen LogP contribution in [0.1, 0.15) is 83.8 Å². The van der Waals surface area contributed by atoms with Crippen molar-refractivity contribution in [1.29, 1.82) is 0 Å². The molecule has 5 nitrogen and oxygen atoms in total. The molecular formula is C63H51N5. The van der Waals surface area contributed by atoms with Gasteiger partial charge >= 0.3 is 0 Å². The fourth-order valence-corrected chi connectivity index (χ4v) is 12.2. The molecule has 0 bridgehead atoms. The third kappa shape index (κ3) is 6.29. The van der Waals surface area contributed by atoms with Crippen molar-refractivity contribution in [3.8, 4) is 5.69 Å². The van der Waals surface area contributed by atoms with Crippen molar-refractivity contribution in [2.24, 2.45) is 21.8 Å². The van der Waals surface area contributed by atoms with Crippen molar-refractivity contribution >= 4 is 75.1 Å². The van der Waals surface area contributed by atoms with Crippen LogP contribution in [-0.4, -0.2) is 20.8 Å². The Balaban J connectivity index is 0.984. The second kappa shape index (κ2) is 16.0. The molecule has 5 aromatic carbocycles. The first-order valence-corrected chi connectivity index (χ1v) is 24.7. The summed E-state index contributed by atoms with van der Waals surface area (Å²) in [6.07, 6.45) is 38.5. The van der Waals surface area contributed by atoms with Gasteiger partial charge in [-0.05, 0) is 109 Å². The molecule has 7 aliphatic rings. The Hall–Kier alpha value is -7.76. The Kier molecular flexibility index (Phi) is 9.24. The van der Waals surface area contributed by atoms with Gasteiger partial charge in [-0.3, -0.25) is 0 Å². The highest BCUT2D eigenvalue weighted by Gasteiger charge is 2.33. The predicted octanol–water partition coefficient (Wildman–Crippen LogP) is 10.9. The van der Waals surface area contributed by atoms with Crippen molar-refractivity contribution in [3.63, 3.8) is 0 Å². The van der Waals surface area contributed by atoms with E-state index in [-0.39, 0.29) is 18.0 Å². The Morgan fingerprint density at radius 1 is 0.647 bits per heavy atom. The number of benzene rings is 5. The fraction of sp³-hybridized carbons (Fsp3) is 0.175. The molecule has 328 valence electrons. The molecule has 0 saturated carbocycles. The fourth-order valence-electron chi connectivity index (χ4n) is 12.2. The smallest absolute Gasteiger partial charge is 0.169 e. The van der Waals surface area contributed by atoms with Crippen LogP contribution >= 0.6 is 0 Å². The van der Waals surface area contributed by atoms with Crippen molar-refractivity contribution < 1.29 is 0 Å². The SMILES string of the molecule is C1=CCCC(c2cccc(C3N=C(c4ccccc4)NC(C4C=c5c(-n6c7c(c8c6=CC6=CC=CCC6C=8n6c8ccccc8c8ccc9c(c86)C=CCC9)C=CCC7)cccc5=CC4)=N3)c2)=C1. The first-order chi connectivity index (χ1) is 33.7. The molecule has 3 heterocycles. The van der Waals surface area contributed by atoms with Crippen LogP contribution in [0.5, 0.6) is 0 Å². The molecule has 0 spiro atoms. The standard InChI is InChI=1S/C63H51N5/c1-3-17-40(18-4-1)44-24-15-25-46(37-44)62-64-61(43-20-5-2-6-21-43)65-63(66-62)47-34-33-42-23-16-32-56(53(42)38-47)67-55-31-14-12-29-52(55)58-57(67)39-45-22-8-10-27-49(45)60(58)68-54-30-13-11-28-50(54)51-36-35-41-19-7-9-26-48(41)59(51)68/h1-3,5-6,8-13,15-17,20-26,28-30,32-33,35-39,47,49,62H,4,7,14,18-19,27,31,34H2,(H,64,65,66). The Bertz CT molecular complexity index is 3840. The summed E-state index contributed by atoms with van der Waals surface area (Å²) in [4.78, 5) is 10.8. The van der Waals surface area contributed by atoms with Gasteiger partial charge in [0.2, 0.25) is 0 Å². The molecule has 7 aromatic rings. The molecule has 3 atom stereocenters. The first kappa shape index (κ1) is 39.4. The zero-order chi connectivity index (χ0) is 44.7. The van der Waals surface area contributed by atoms with E-state index in [1.165, 1.54) is 93.3 Å². The van der Waals surface area contributed by atoms with Gasteiger partial charge in [-0.25, -0.2) is 9.98 Å². The second-order valence-electron chi connectivity index (χ2n) is 19.3. The van der Waals surface area contributed by atoms with Crippen LogP contribution in [0.3, 0.4) is 0 Å². The summed E-state index contributed by atoms with van der Waals surface area (Å²) in [6, 6.07) is 40.2. The molecular weight excluding hydrogens is 827 g/mol. The van der Waals surface area contributed by atoms with Crippen LogP contribution in [0.15, 0.2) is 173 Å². The zero-order valence-electron chi connectivity index (χ0n) is 38.1. The molecule has 0 saturated heterocycles. The van der Waals surface area contributed by atoms with Crippen LogP contribution in [0.2, 0.25) is 0 Å². The largest absolute Gasteiger partial charge is 0.328 e. The van der Waals surface area contributed by atoms with Gasteiger partial charge in [0.1, 0.15) is 11.7 Å². The monoisotopic (exact) mass is 877 g/mol. The lowest BCUT2D eigenvalue weighted by Gasteiger charge is -2.29. The summed E-state index contributed by atoms with van der Waals surface area (Å²) in [5.74, 6) is 2.07. The number of hydrogen-bond donors (Lipinski definition) is 1. The Morgan fingerprint density at radius 2 is 1.49 bits per heavy atom. The predicted molar refractivity (Wildman–Crippen MR) is 283 cm³/mol. The molecule has 0 amide bonds. The van der Waals surface area contributed by atoms with E-state index in [1.807, 2.05) is 0 Å². The zero-order valence-corrected chi connectivity index (χ0v) is 38.1. The quantitative estimate of drug-likeness (QED) is 0.178. The number of aryl methyl sites for hydroxylation is 1. The summed E-state index contributed by atoms with van der Waals surface area (Å²) in [5.41, 5.74) is 17.0. The van der Waals surface area contributed by atoms with E-state index in [4.69, 9.17) is 9.98 Å². The molecule has 14 rings (SSSR count). The van der Waals surface area contributed by atoms with Gasteiger partial charge in [0.05, 0.1) is 22.1 Å². The van der Waals surface area contributed by atoms with Crippen molar-refractivity contribution in [3.05, 3.63) is 223 Å². The maximum Gasteiger partial charge on any atom is 0.169 e. The first-order valence-electron chi connectivity index (χ1n) is 24.7. The number of hydrogen-bond acceptors (Lipinski definition) is 3.